The molecule has 0 aromatic heterocycles. The van der Waals surface area contributed by atoms with Crippen molar-refractivity contribution in [2.24, 2.45) is 0 Å². The first kappa shape index (κ1) is 12.9. The number of thioether (sulfide) groups is 2. The lowest BCUT2D eigenvalue weighted by Gasteiger charge is -1.98. The maximum atomic E-state index is 11.1. The third-order valence-corrected chi connectivity index (χ3v) is 3.83. The van der Waals surface area contributed by atoms with E-state index in [1.54, 1.807) is 23.5 Å². The maximum absolute atomic E-state index is 11.1. The van der Waals surface area contributed by atoms with Gasteiger partial charge < -0.3 is 0 Å². The molecule has 0 spiro atoms. The second kappa shape index (κ2) is 10.0. The van der Waals surface area contributed by atoms with E-state index in [1.165, 1.54) is 0 Å². The molecule has 0 aromatic carbocycles. The first-order valence-electron chi connectivity index (χ1n) is 3.60. The lowest BCUT2D eigenvalue weighted by molar-refractivity contribution is -0.114. The molecule has 1 nitrogen and oxygen atoms in total. The highest BCUT2D eigenvalue weighted by Gasteiger charge is 2.00. The summed E-state index contributed by atoms with van der Waals surface area (Å²) in [6, 6.07) is 0. The van der Waals surface area contributed by atoms with Crippen molar-refractivity contribution >= 4 is 52.5 Å². The zero-order chi connectivity index (χ0) is 9.23. The molecule has 5 heteroatoms. The summed E-state index contributed by atoms with van der Waals surface area (Å²) in [4.78, 5) is 11.1. The van der Waals surface area contributed by atoms with Crippen LogP contribution in [0.4, 0.5) is 0 Å². The number of carbonyl (C=O) groups is 1. The summed E-state index contributed by atoms with van der Waals surface area (Å²) in [5.41, 5.74) is 0. The molecular formula is C7H12Cl2OS2. The second-order valence-electron chi connectivity index (χ2n) is 2.02. The Balaban J connectivity index is 3.10. The van der Waals surface area contributed by atoms with Crippen molar-refractivity contribution in [3.63, 3.8) is 0 Å². The van der Waals surface area contributed by atoms with Gasteiger partial charge in [-0.2, -0.15) is 23.5 Å². The van der Waals surface area contributed by atoms with E-state index in [1.807, 2.05) is 0 Å². The van der Waals surface area contributed by atoms with Gasteiger partial charge in [-0.3, -0.25) is 4.79 Å². The van der Waals surface area contributed by atoms with Crippen molar-refractivity contribution in [1.29, 1.82) is 0 Å². The molecule has 0 radical (unpaired) electrons. The van der Waals surface area contributed by atoms with Crippen LogP contribution in [0.3, 0.4) is 0 Å². The summed E-state index contributed by atoms with van der Waals surface area (Å²) in [6.07, 6.45) is 0. The molecule has 0 fully saturated rings. The summed E-state index contributed by atoms with van der Waals surface area (Å²) < 4.78 is 0. The Morgan fingerprint density at radius 2 is 1.42 bits per heavy atom. The van der Waals surface area contributed by atoms with Gasteiger partial charge in [-0.05, 0) is 0 Å². The van der Waals surface area contributed by atoms with E-state index in [-0.39, 0.29) is 5.78 Å². The van der Waals surface area contributed by atoms with Crippen molar-refractivity contribution in [3.05, 3.63) is 0 Å². The lowest BCUT2D eigenvalue weighted by Crippen LogP contribution is -2.06. The first-order chi connectivity index (χ1) is 5.81. The quantitative estimate of drug-likeness (QED) is 0.484. The van der Waals surface area contributed by atoms with Crippen molar-refractivity contribution in [1.82, 2.24) is 0 Å². The number of alkyl halides is 2. The number of halogens is 2. The van der Waals surface area contributed by atoms with E-state index in [0.717, 1.165) is 11.5 Å². The van der Waals surface area contributed by atoms with Crippen molar-refractivity contribution in [3.8, 4) is 0 Å². The van der Waals surface area contributed by atoms with Gasteiger partial charge in [-0.25, -0.2) is 0 Å². The van der Waals surface area contributed by atoms with Gasteiger partial charge in [0.2, 0.25) is 0 Å². The molecule has 0 saturated carbocycles. The standard InChI is InChI=1S/C7H12Cl2OS2/c8-1-3-11-5-7(10)6-12-4-2-9/h1-6H2. The molecule has 0 aliphatic carbocycles. The highest BCUT2D eigenvalue weighted by molar-refractivity contribution is 8.01. The normalized spacial score (nSPS) is 10.2. The van der Waals surface area contributed by atoms with Gasteiger partial charge in [-0.15, -0.1) is 23.2 Å². The van der Waals surface area contributed by atoms with Crippen LogP contribution in [0.5, 0.6) is 0 Å². The Bertz CT molecular complexity index is 110. The fraction of sp³-hybridized carbons (Fsp3) is 0.857. The zero-order valence-electron chi connectivity index (χ0n) is 6.72. The Morgan fingerprint density at radius 3 is 1.75 bits per heavy atom. The van der Waals surface area contributed by atoms with E-state index in [0.29, 0.717) is 23.3 Å². The van der Waals surface area contributed by atoms with Crippen LogP contribution in [-0.4, -0.2) is 40.6 Å². The average molecular weight is 247 g/mol. The van der Waals surface area contributed by atoms with Gasteiger partial charge in [0.25, 0.3) is 0 Å². The van der Waals surface area contributed by atoms with E-state index in [9.17, 15) is 4.79 Å². The van der Waals surface area contributed by atoms with Crippen molar-refractivity contribution in [2.75, 3.05) is 34.8 Å². The van der Waals surface area contributed by atoms with E-state index in [4.69, 9.17) is 23.2 Å². The molecule has 12 heavy (non-hydrogen) atoms. The van der Waals surface area contributed by atoms with Crippen LogP contribution in [0, 0.1) is 0 Å². The minimum absolute atomic E-state index is 0.278. The van der Waals surface area contributed by atoms with Crippen LogP contribution in [-0.2, 0) is 4.79 Å². The van der Waals surface area contributed by atoms with E-state index < -0.39 is 0 Å². The summed E-state index contributed by atoms with van der Waals surface area (Å²) in [5.74, 6) is 4.39. The van der Waals surface area contributed by atoms with Crippen LogP contribution >= 0.6 is 46.7 Å². The molecule has 0 aliphatic rings. The van der Waals surface area contributed by atoms with Crippen LogP contribution in [0.2, 0.25) is 0 Å². The molecule has 0 amide bonds. The van der Waals surface area contributed by atoms with Crippen LogP contribution in [0.15, 0.2) is 0 Å². The minimum atomic E-state index is 0.278. The second-order valence-corrected chi connectivity index (χ2v) is 4.99. The summed E-state index contributed by atoms with van der Waals surface area (Å²) in [6.45, 7) is 0. The SMILES string of the molecule is O=C(CSCCCl)CSCCCl. The Morgan fingerprint density at radius 1 is 1.00 bits per heavy atom. The molecule has 0 saturated heterocycles. The number of carbonyl (C=O) groups excluding carboxylic acids is 1. The molecule has 0 bridgehead atoms. The highest BCUT2D eigenvalue weighted by Crippen LogP contribution is 2.05. The molecule has 0 N–H and O–H groups in total. The lowest BCUT2D eigenvalue weighted by atomic mass is 10.5. The smallest absolute Gasteiger partial charge is 0.152 e. The summed E-state index contributed by atoms with van der Waals surface area (Å²) in [5, 5.41) is 0. The van der Waals surface area contributed by atoms with Crippen molar-refractivity contribution < 1.29 is 4.79 Å². The fourth-order valence-corrected chi connectivity index (χ4v) is 2.47. The molecule has 0 rings (SSSR count). The van der Waals surface area contributed by atoms with Gasteiger partial charge in [0.1, 0.15) is 0 Å². The maximum Gasteiger partial charge on any atom is 0.152 e. The zero-order valence-corrected chi connectivity index (χ0v) is 9.87. The van der Waals surface area contributed by atoms with Gasteiger partial charge in [0, 0.05) is 23.3 Å². The fourth-order valence-electron chi connectivity index (χ4n) is 0.523. The van der Waals surface area contributed by atoms with Gasteiger partial charge in [0.15, 0.2) is 5.78 Å². The number of hydrogen-bond acceptors (Lipinski definition) is 3. The van der Waals surface area contributed by atoms with Crippen LogP contribution < -0.4 is 0 Å². The highest BCUT2D eigenvalue weighted by atomic mass is 35.5. The van der Waals surface area contributed by atoms with E-state index in [2.05, 4.69) is 0 Å². The third-order valence-electron chi connectivity index (χ3n) is 0.969. The predicted octanol–water partition coefficient (Wildman–Crippen LogP) is 2.50. The molecule has 0 aromatic rings. The largest absolute Gasteiger partial charge is 0.298 e. The third kappa shape index (κ3) is 9.04. The van der Waals surface area contributed by atoms with Gasteiger partial charge in [0.05, 0.1) is 11.5 Å². The predicted molar refractivity (Wildman–Crippen MR) is 61.1 cm³/mol. The minimum Gasteiger partial charge on any atom is -0.298 e. The number of hydrogen-bond donors (Lipinski definition) is 0. The molecule has 0 unspecified atom stereocenters. The van der Waals surface area contributed by atoms with Gasteiger partial charge >= 0.3 is 0 Å². The molecule has 0 aliphatic heterocycles. The molecule has 72 valence electrons. The van der Waals surface area contributed by atoms with Crippen molar-refractivity contribution in [2.45, 2.75) is 0 Å². The first-order valence-corrected chi connectivity index (χ1v) is 6.98. The summed E-state index contributed by atoms with van der Waals surface area (Å²) in [7, 11) is 0. The van der Waals surface area contributed by atoms with Crippen LogP contribution in [0.25, 0.3) is 0 Å². The summed E-state index contributed by atoms with van der Waals surface area (Å²) >= 11 is 14.1. The number of rotatable bonds is 8. The number of ketones is 1. The molecular weight excluding hydrogens is 235 g/mol. The number of Topliss-reactive ketones (excluding diaryl/α,β-unsaturated/α-hetero) is 1. The average Bonchev–Trinajstić information content (AvgIpc) is 2.06. The Kier molecular flexibility index (Phi) is 10.8. The van der Waals surface area contributed by atoms with E-state index >= 15 is 0 Å². The topological polar surface area (TPSA) is 17.1 Å². The molecule has 0 atom stereocenters. The molecule has 0 heterocycles. The Hall–Kier alpha value is 0.950. The van der Waals surface area contributed by atoms with Crippen LogP contribution in [0.1, 0.15) is 0 Å². The van der Waals surface area contributed by atoms with Gasteiger partial charge in [-0.1, -0.05) is 0 Å². The monoisotopic (exact) mass is 246 g/mol. The Labute approximate surface area is 91.9 Å².